The van der Waals surface area contributed by atoms with Crippen molar-refractivity contribution in [2.75, 3.05) is 19.6 Å². The van der Waals surface area contributed by atoms with Crippen LogP contribution >= 0.6 is 0 Å². The Morgan fingerprint density at radius 2 is 1.89 bits per heavy atom. The Hall–Kier alpha value is -1.10. The average molecular weight is 266 g/mol. The van der Waals surface area contributed by atoms with E-state index >= 15 is 0 Å². The highest BCUT2D eigenvalue weighted by Crippen LogP contribution is 2.34. The first-order valence-corrected chi connectivity index (χ1v) is 7.30. The molecule has 1 N–H and O–H groups in total. The molecule has 106 valence electrons. The van der Waals surface area contributed by atoms with Crippen LogP contribution in [0.4, 0.5) is 0 Å². The molecule has 1 saturated carbocycles. The van der Waals surface area contributed by atoms with Crippen LogP contribution < -0.4 is 0 Å². The van der Waals surface area contributed by atoms with Crippen molar-refractivity contribution in [3.8, 4) is 0 Å². The maximum Gasteiger partial charge on any atom is 0.245 e. The van der Waals surface area contributed by atoms with Gasteiger partial charge in [-0.25, -0.2) is 0 Å². The van der Waals surface area contributed by atoms with Crippen molar-refractivity contribution in [2.24, 2.45) is 5.92 Å². The Kier molecular flexibility index (Phi) is 3.04. The van der Waals surface area contributed by atoms with Crippen molar-refractivity contribution in [1.82, 2.24) is 9.80 Å². The fraction of sp³-hybridized carbons (Fsp3) is 0.857. The van der Waals surface area contributed by atoms with Crippen LogP contribution in [0.15, 0.2) is 0 Å². The van der Waals surface area contributed by atoms with E-state index in [1.165, 1.54) is 0 Å². The predicted octanol–water partition coefficient (Wildman–Crippen LogP) is 0.371. The van der Waals surface area contributed by atoms with Crippen molar-refractivity contribution in [1.29, 1.82) is 0 Å². The van der Waals surface area contributed by atoms with Crippen LogP contribution in [-0.2, 0) is 9.59 Å². The van der Waals surface area contributed by atoms with E-state index in [-0.39, 0.29) is 23.8 Å². The molecular formula is C14H22N2O3. The van der Waals surface area contributed by atoms with Gasteiger partial charge in [0.15, 0.2) is 0 Å². The van der Waals surface area contributed by atoms with Crippen molar-refractivity contribution in [3.05, 3.63) is 0 Å². The Balaban J connectivity index is 1.67. The minimum atomic E-state index is -0.764. The Bertz CT molecular complexity index is 403. The van der Waals surface area contributed by atoms with Gasteiger partial charge in [-0.3, -0.25) is 9.59 Å². The molecule has 1 aliphatic carbocycles. The lowest BCUT2D eigenvalue weighted by atomic mass is 10.1. The molecule has 0 aromatic carbocycles. The predicted molar refractivity (Wildman–Crippen MR) is 69.3 cm³/mol. The lowest BCUT2D eigenvalue weighted by Crippen LogP contribution is -2.48. The van der Waals surface area contributed by atoms with Gasteiger partial charge in [-0.05, 0) is 39.0 Å². The third-order valence-corrected chi connectivity index (χ3v) is 4.51. The fourth-order valence-corrected chi connectivity index (χ4v) is 3.20. The zero-order chi connectivity index (χ0) is 13.6. The summed E-state index contributed by atoms with van der Waals surface area (Å²) < 4.78 is 0. The Labute approximate surface area is 113 Å². The van der Waals surface area contributed by atoms with Crippen LogP contribution in [0, 0.1) is 5.92 Å². The van der Waals surface area contributed by atoms with E-state index in [9.17, 15) is 14.7 Å². The number of hydrogen-bond acceptors (Lipinski definition) is 3. The first kappa shape index (κ1) is 12.9. The van der Waals surface area contributed by atoms with Crippen LogP contribution in [0.25, 0.3) is 0 Å². The number of rotatable bonds is 2. The molecule has 0 aromatic heterocycles. The summed E-state index contributed by atoms with van der Waals surface area (Å²) in [5.74, 6) is 0.376. The summed E-state index contributed by atoms with van der Waals surface area (Å²) in [5, 5.41) is 9.96. The molecule has 3 fully saturated rings. The molecule has 2 amide bonds. The van der Waals surface area contributed by atoms with Gasteiger partial charge in [0, 0.05) is 25.6 Å². The number of amides is 2. The molecule has 2 unspecified atom stereocenters. The molecule has 0 spiro atoms. The highest BCUT2D eigenvalue weighted by Gasteiger charge is 2.44. The van der Waals surface area contributed by atoms with Gasteiger partial charge in [0.25, 0.3) is 0 Å². The van der Waals surface area contributed by atoms with Gasteiger partial charge in [-0.1, -0.05) is 0 Å². The first-order chi connectivity index (χ1) is 8.98. The van der Waals surface area contributed by atoms with E-state index in [4.69, 9.17) is 0 Å². The number of likely N-dealkylation sites (tertiary alicyclic amines) is 2. The Morgan fingerprint density at radius 3 is 2.47 bits per heavy atom. The van der Waals surface area contributed by atoms with Crippen molar-refractivity contribution >= 4 is 11.8 Å². The van der Waals surface area contributed by atoms with Crippen molar-refractivity contribution in [3.63, 3.8) is 0 Å². The molecule has 2 aliphatic heterocycles. The minimum absolute atomic E-state index is 0.0317. The summed E-state index contributed by atoms with van der Waals surface area (Å²) in [5.41, 5.74) is -0.764. The van der Waals surface area contributed by atoms with Gasteiger partial charge in [0.2, 0.25) is 11.8 Å². The van der Waals surface area contributed by atoms with Gasteiger partial charge in [-0.2, -0.15) is 0 Å². The quantitative estimate of drug-likeness (QED) is 0.785. The molecule has 19 heavy (non-hydrogen) atoms. The van der Waals surface area contributed by atoms with Gasteiger partial charge >= 0.3 is 0 Å². The summed E-state index contributed by atoms with van der Waals surface area (Å²) in [6.07, 6.45) is 4.28. The average Bonchev–Trinajstić information content (AvgIpc) is 2.98. The van der Waals surface area contributed by atoms with Gasteiger partial charge < -0.3 is 14.9 Å². The third kappa shape index (κ3) is 2.48. The molecule has 3 aliphatic rings. The monoisotopic (exact) mass is 266 g/mol. The summed E-state index contributed by atoms with van der Waals surface area (Å²) >= 11 is 0. The molecule has 3 rings (SSSR count). The molecular weight excluding hydrogens is 244 g/mol. The molecule has 2 atom stereocenters. The minimum Gasteiger partial charge on any atom is -0.388 e. The lowest BCUT2D eigenvalue weighted by molar-refractivity contribution is -0.144. The summed E-state index contributed by atoms with van der Waals surface area (Å²) in [6.45, 7) is 3.49. The second-order valence-electron chi connectivity index (χ2n) is 6.47. The molecule has 0 aromatic rings. The highest BCUT2D eigenvalue weighted by atomic mass is 16.3. The number of β-amino-alcohol motifs (C(OH)–C–C–N with tert-alkyl or cyclic N) is 1. The van der Waals surface area contributed by atoms with Crippen LogP contribution in [0.2, 0.25) is 0 Å². The van der Waals surface area contributed by atoms with Gasteiger partial charge in [-0.15, -0.1) is 0 Å². The lowest BCUT2D eigenvalue weighted by Gasteiger charge is -2.28. The smallest absolute Gasteiger partial charge is 0.245 e. The van der Waals surface area contributed by atoms with Gasteiger partial charge in [0.1, 0.15) is 6.04 Å². The van der Waals surface area contributed by atoms with E-state index in [1.807, 2.05) is 0 Å². The molecule has 0 radical (unpaired) electrons. The third-order valence-electron chi connectivity index (χ3n) is 4.51. The maximum absolute atomic E-state index is 12.5. The van der Waals surface area contributed by atoms with E-state index in [0.717, 1.165) is 32.2 Å². The van der Waals surface area contributed by atoms with E-state index in [2.05, 4.69) is 0 Å². The van der Waals surface area contributed by atoms with E-state index in [0.29, 0.717) is 19.5 Å². The Morgan fingerprint density at radius 1 is 1.16 bits per heavy atom. The standard InChI is InChI=1S/C14H22N2O3/c1-14(19)6-8-15(9-14)13(18)11-3-2-7-16(11)12(17)10-4-5-10/h10-11,19H,2-9H2,1H3. The summed E-state index contributed by atoms with van der Waals surface area (Å²) in [7, 11) is 0. The van der Waals surface area contributed by atoms with E-state index < -0.39 is 5.60 Å². The first-order valence-electron chi connectivity index (χ1n) is 7.30. The van der Waals surface area contributed by atoms with Crippen LogP contribution in [-0.4, -0.2) is 58.0 Å². The normalized spacial score (nSPS) is 34.9. The van der Waals surface area contributed by atoms with E-state index in [1.54, 1.807) is 16.7 Å². The molecule has 5 nitrogen and oxygen atoms in total. The maximum atomic E-state index is 12.5. The molecule has 2 heterocycles. The second kappa shape index (κ2) is 4.47. The molecule has 2 saturated heterocycles. The summed E-state index contributed by atoms with van der Waals surface area (Å²) in [4.78, 5) is 28.2. The summed E-state index contributed by atoms with van der Waals surface area (Å²) in [6, 6.07) is -0.276. The largest absolute Gasteiger partial charge is 0.388 e. The highest BCUT2D eigenvalue weighted by molar-refractivity contribution is 5.90. The number of nitrogens with zero attached hydrogens (tertiary/aromatic N) is 2. The van der Waals surface area contributed by atoms with Crippen LogP contribution in [0.3, 0.4) is 0 Å². The molecule has 0 bridgehead atoms. The van der Waals surface area contributed by atoms with Crippen molar-refractivity contribution in [2.45, 2.75) is 50.7 Å². The topological polar surface area (TPSA) is 60.9 Å². The second-order valence-corrected chi connectivity index (χ2v) is 6.47. The number of hydrogen-bond donors (Lipinski definition) is 1. The van der Waals surface area contributed by atoms with Crippen LogP contribution in [0.5, 0.6) is 0 Å². The van der Waals surface area contributed by atoms with Gasteiger partial charge in [0.05, 0.1) is 5.60 Å². The van der Waals surface area contributed by atoms with Crippen LogP contribution in [0.1, 0.15) is 39.0 Å². The number of carbonyl (C=O) groups is 2. The number of carbonyl (C=O) groups excluding carboxylic acids is 2. The zero-order valence-electron chi connectivity index (χ0n) is 11.5. The molecule has 5 heteroatoms. The number of aliphatic hydroxyl groups is 1. The van der Waals surface area contributed by atoms with Crippen molar-refractivity contribution < 1.29 is 14.7 Å². The fourth-order valence-electron chi connectivity index (χ4n) is 3.20. The SMILES string of the molecule is CC1(O)CCN(C(=O)C2CCCN2C(=O)C2CC2)C1. The zero-order valence-corrected chi connectivity index (χ0v) is 11.5.